The number of nitrogens with one attached hydrogen (secondary N) is 2. The highest BCUT2D eigenvalue weighted by Gasteiger charge is 2.13. The van der Waals surface area contributed by atoms with Gasteiger partial charge < -0.3 is 4.98 Å². The van der Waals surface area contributed by atoms with Gasteiger partial charge in [0.15, 0.2) is 0 Å². The topological polar surface area (TPSA) is 79.0 Å². The van der Waals surface area contributed by atoms with E-state index in [1.54, 1.807) is 18.2 Å². The molecule has 2 N–H and O–H groups in total. The second-order valence-electron chi connectivity index (χ2n) is 5.62. The molecule has 3 rings (SSSR count). The molecule has 0 aliphatic heterocycles. The summed E-state index contributed by atoms with van der Waals surface area (Å²) in [5.41, 5.74) is 2.19. The summed E-state index contributed by atoms with van der Waals surface area (Å²) >= 11 is 0. The number of aryl methyl sites for hydroxylation is 1. The zero-order valence-electron chi connectivity index (χ0n) is 13.2. The molecule has 0 fully saturated rings. The van der Waals surface area contributed by atoms with Crippen molar-refractivity contribution in [3.63, 3.8) is 0 Å². The highest BCUT2D eigenvalue weighted by Crippen LogP contribution is 2.15. The molecule has 6 heteroatoms. The van der Waals surface area contributed by atoms with E-state index < -0.39 is 10.0 Å². The molecule has 0 aliphatic carbocycles. The fourth-order valence-electron chi connectivity index (χ4n) is 2.62. The Morgan fingerprint density at radius 2 is 1.79 bits per heavy atom. The van der Waals surface area contributed by atoms with Crippen molar-refractivity contribution in [1.82, 2.24) is 9.71 Å². The van der Waals surface area contributed by atoms with Gasteiger partial charge in [-0.05, 0) is 42.5 Å². The van der Waals surface area contributed by atoms with Crippen molar-refractivity contribution >= 4 is 20.9 Å². The summed E-state index contributed by atoms with van der Waals surface area (Å²) < 4.78 is 26.9. The molecule has 0 saturated heterocycles. The van der Waals surface area contributed by atoms with Crippen LogP contribution in [0.25, 0.3) is 10.9 Å². The lowest BCUT2D eigenvalue weighted by Gasteiger charge is -2.08. The average Bonchev–Trinajstić information content (AvgIpc) is 2.57. The van der Waals surface area contributed by atoms with Crippen LogP contribution < -0.4 is 10.3 Å². The molecule has 0 bridgehead atoms. The maximum absolute atomic E-state index is 12.2. The number of sulfonamides is 1. The number of aromatic amines is 1. The van der Waals surface area contributed by atoms with Crippen molar-refractivity contribution in [2.75, 3.05) is 6.54 Å². The number of hydrogen-bond acceptors (Lipinski definition) is 3. The van der Waals surface area contributed by atoms with Crippen LogP contribution in [0.4, 0.5) is 0 Å². The fourth-order valence-corrected chi connectivity index (χ4v) is 3.67. The van der Waals surface area contributed by atoms with E-state index >= 15 is 0 Å². The predicted molar refractivity (Wildman–Crippen MR) is 94.6 cm³/mol. The third kappa shape index (κ3) is 3.39. The van der Waals surface area contributed by atoms with Gasteiger partial charge in [0.2, 0.25) is 10.0 Å². The quantitative estimate of drug-likeness (QED) is 0.747. The lowest BCUT2D eigenvalue weighted by Crippen LogP contribution is -2.27. The Kier molecular flexibility index (Phi) is 4.51. The first-order valence-corrected chi connectivity index (χ1v) is 9.12. The molecule has 3 aromatic rings. The first kappa shape index (κ1) is 16.4. The van der Waals surface area contributed by atoms with E-state index in [2.05, 4.69) is 9.71 Å². The van der Waals surface area contributed by atoms with Crippen LogP contribution in [0.1, 0.15) is 11.1 Å². The third-order valence-corrected chi connectivity index (χ3v) is 5.38. The van der Waals surface area contributed by atoms with E-state index in [9.17, 15) is 13.2 Å². The van der Waals surface area contributed by atoms with Gasteiger partial charge in [0, 0.05) is 12.1 Å². The molecule has 0 unspecified atom stereocenters. The number of H-pyrrole nitrogens is 1. The van der Waals surface area contributed by atoms with Gasteiger partial charge in [-0.3, -0.25) is 4.79 Å². The molecule has 0 atom stereocenters. The molecule has 1 heterocycles. The van der Waals surface area contributed by atoms with Crippen molar-refractivity contribution in [2.45, 2.75) is 18.2 Å². The zero-order valence-corrected chi connectivity index (χ0v) is 14.1. The predicted octanol–water partition coefficient (Wildman–Crippen LogP) is 2.36. The Morgan fingerprint density at radius 3 is 2.54 bits per heavy atom. The van der Waals surface area contributed by atoms with E-state index in [1.807, 2.05) is 31.2 Å². The first-order valence-electron chi connectivity index (χ1n) is 7.63. The summed E-state index contributed by atoms with van der Waals surface area (Å²) in [6.45, 7) is 2.10. The summed E-state index contributed by atoms with van der Waals surface area (Å²) in [5.74, 6) is 0. The van der Waals surface area contributed by atoms with Gasteiger partial charge in [-0.2, -0.15) is 0 Å². The second-order valence-corrected chi connectivity index (χ2v) is 7.39. The second kappa shape index (κ2) is 6.59. The molecular weight excluding hydrogens is 324 g/mol. The summed E-state index contributed by atoms with van der Waals surface area (Å²) in [6, 6.07) is 15.8. The monoisotopic (exact) mass is 342 g/mol. The van der Waals surface area contributed by atoms with Gasteiger partial charge >= 0.3 is 0 Å². The molecule has 0 amide bonds. The van der Waals surface area contributed by atoms with E-state index in [4.69, 9.17) is 0 Å². The number of fused-ring (bicyclic) bond motifs is 1. The van der Waals surface area contributed by atoms with Crippen LogP contribution in [0.3, 0.4) is 0 Å². The Morgan fingerprint density at radius 1 is 1.04 bits per heavy atom. The molecule has 0 spiro atoms. The SMILES string of the molecule is Cc1cccc2cc(CCNS(=O)(=O)c3ccccc3)c(=O)[nH]c12. The number of para-hydroxylation sites is 1. The molecule has 0 radical (unpaired) electrons. The van der Waals surface area contributed by atoms with Gasteiger partial charge in [-0.15, -0.1) is 0 Å². The van der Waals surface area contributed by atoms with Gasteiger partial charge in [-0.25, -0.2) is 13.1 Å². The van der Waals surface area contributed by atoms with Crippen LogP contribution in [0.5, 0.6) is 0 Å². The highest BCUT2D eigenvalue weighted by atomic mass is 32.2. The number of pyridine rings is 1. The van der Waals surface area contributed by atoms with Crippen molar-refractivity contribution < 1.29 is 8.42 Å². The van der Waals surface area contributed by atoms with Gasteiger partial charge in [-0.1, -0.05) is 36.4 Å². The molecule has 5 nitrogen and oxygen atoms in total. The van der Waals surface area contributed by atoms with Crippen LogP contribution in [0.15, 0.2) is 64.3 Å². The minimum atomic E-state index is -3.55. The molecule has 124 valence electrons. The van der Waals surface area contributed by atoms with E-state index in [-0.39, 0.29) is 17.0 Å². The molecule has 24 heavy (non-hydrogen) atoms. The molecule has 1 aromatic heterocycles. The molecule has 0 saturated carbocycles. The number of hydrogen-bond donors (Lipinski definition) is 2. The van der Waals surface area contributed by atoms with Crippen LogP contribution >= 0.6 is 0 Å². The highest BCUT2D eigenvalue weighted by molar-refractivity contribution is 7.89. The third-order valence-electron chi connectivity index (χ3n) is 3.90. The largest absolute Gasteiger partial charge is 0.321 e. The summed E-state index contributed by atoms with van der Waals surface area (Å²) in [4.78, 5) is 15.3. The van der Waals surface area contributed by atoms with Crippen LogP contribution in [0.2, 0.25) is 0 Å². The Balaban J connectivity index is 1.77. The molecular formula is C18H18N2O3S. The summed E-state index contributed by atoms with van der Waals surface area (Å²) in [7, 11) is -3.55. The number of rotatable bonds is 5. The van der Waals surface area contributed by atoms with Crippen LogP contribution in [-0.2, 0) is 16.4 Å². The lowest BCUT2D eigenvalue weighted by molar-refractivity contribution is 0.581. The van der Waals surface area contributed by atoms with E-state index in [1.165, 1.54) is 12.1 Å². The van der Waals surface area contributed by atoms with Crippen molar-refractivity contribution in [2.24, 2.45) is 0 Å². The fraction of sp³-hybridized carbons (Fsp3) is 0.167. The van der Waals surface area contributed by atoms with Crippen molar-refractivity contribution in [3.8, 4) is 0 Å². The molecule has 2 aromatic carbocycles. The Labute approximate surface area is 140 Å². The van der Waals surface area contributed by atoms with E-state index in [0.717, 1.165) is 16.5 Å². The van der Waals surface area contributed by atoms with E-state index in [0.29, 0.717) is 12.0 Å². The smallest absolute Gasteiger partial charge is 0.251 e. The first-order chi connectivity index (χ1) is 11.5. The maximum atomic E-state index is 12.2. The maximum Gasteiger partial charge on any atom is 0.251 e. The Bertz CT molecular complexity index is 1030. The summed E-state index contributed by atoms with van der Waals surface area (Å²) in [6.07, 6.45) is 0.325. The number of aromatic nitrogens is 1. The summed E-state index contributed by atoms with van der Waals surface area (Å²) in [5, 5.41) is 0.940. The number of benzene rings is 2. The minimum absolute atomic E-state index is 0.164. The van der Waals surface area contributed by atoms with Gasteiger partial charge in [0.1, 0.15) is 0 Å². The van der Waals surface area contributed by atoms with Crippen molar-refractivity contribution in [3.05, 3.63) is 76.1 Å². The Hall–Kier alpha value is -2.44. The average molecular weight is 342 g/mol. The standard InChI is InChI=1S/C18H18N2O3S/c1-13-6-5-7-14-12-15(18(21)20-17(13)14)10-11-19-24(22,23)16-8-3-2-4-9-16/h2-9,12,19H,10-11H2,1H3,(H,20,21). The zero-order chi connectivity index (χ0) is 17.2. The minimum Gasteiger partial charge on any atom is -0.321 e. The normalized spacial score (nSPS) is 11.7. The van der Waals surface area contributed by atoms with Gasteiger partial charge in [0.05, 0.1) is 10.4 Å². The van der Waals surface area contributed by atoms with Crippen LogP contribution in [-0.4, -0.2) is 19.9 Å². The lowest BCUT2D eigenvalue weighted by atomic mass is 10.1. The van der Waals surface area contributed by atoms with Gasteiger partial charge in [0.25, 0.3) is 5.56 Å². The molecule has 0 aliphatic rings. The van der Waals surface area contributed by atoms with Crippen LogP contribution in [0, 0.1) is 6.92 Å². The van der Waals surface area contributed by atoms with Crippen molar-refractivity contribution in [1.29, 1.82) is 0 Å².